The van der Waals surface area contributed by atoms with E-state index in [1.165, 1.54) is 18.4 Å². The fourth-order valence-electron chi connectivity index (χ4n) is 4.06. The molecule has 134 valence electrons. The summed E-state index contributed by atoms with van der Waals surface area (Å²) in [5.74, 6) is -0.453. The van der Waals surface area contributed by atoms with Crippen LogP contribution < -0.4 is 11.1 Å². The van der Waals surface area contributed by atoms with Crippen LogP contribution in [0.2, 0.25) is 0 Å². The van der Waals surface area contributed by atoms with E-state index in [9.17, 15) is 4.79 Å². The minimum absolute atomic E-state index is 0.227. The lowest BCUT2D eigenvalue weighted by Crippen LogP contribution is -2.42. The van der Waals surface area contributed by atoms with Gasteiger partial charge in [-0.2, -0.15) is 5.10 Å². The summed E-state index contributed by atoms with van der Waals surface area (Å²) in [6, 6.07) is 14.1. The van der Waals surface area contributed by atoms with Gasteiger partial charge in [0.15, 0.2) is 0 Å². The van der Waals surface area contributed by atoms with Crippen LogP contribution in [0, 0.1) is 0 Å². The highest BCUT2D eigenvalue weighted by atomic mass is 16.1. The Hall–Kier alpha value is -2.66. The van der Waals surface area contributed by atoms with E-state index >= 15 is 0 Å². The monoisotopic (exact) mass is 348 g/mol. The number of carbonyl (C=O) groups excluding carboxylic acids is 1. The van der Waals surface area contributed by atoms with Gasteiger partial charge in [0, 0.05) is 23.5 Å². The molecule has 1 fully saturated rings. The van der Waals surface area contributed by atoms with Crippen LogP contribution in [0.4, 0.5) is 0 Å². The summed E-state index contributed by atoms with van der Waals surface area (Å²) in [7, 11) is 0. The third kappa shape index (κ3) is 2.78. The SMILES string of the molecule is CCC1(c2ccc(-n3cc4cccc(C(N)=O)c4n3)cc2)CCCNC1. The second-order valence-corrected chi connectivity index (χ2v) is 7.14. The zero-order valence-corrected chi connectivity index (χ0v) is 15.0. The van der Waals surface area contributed by atoms with Gasteiger partial charge < -0.3 is 11.1 Å². The largest absolute Gasteiger partial charge is 0.366 e. The minimum Gasteiger partial charge on any atom is -0.366 e. The number of piperidine rings is 1. The molecule has 26 heavy (non-hydrogen) atoms. The van der Waals surface area contributed by atoms with Gasteiger partial charge >= 0.3 is 0 Å². The number of benzene rings is 2. The molecule has 1 saturated heterocycles. The van der Waals surface area contributed by atoms with Gasteiger partial charge in [-0.3, -0.25) is 4.79 Å². The van der Waals surface area contributed by atoms with E-state index in [4.69, 9.17) is 5.73 Å². The second kappa shape index (κ2) is 6.57. The molecule has 1 aliphatic heterocycles. The molecule has 0 radical (unpaired) electrons. The first kappa shape index (κ1) is 16.8. The van der Waals surface area contributed by atoms with Crippen molar-refractivity contribution >= 4 is 16.8 Å². The van der Waals surface area contributed by atoms with Gasteiger partial charge in [0.1, 0.15) is 5.52 Å². The molecule has 1 amide bonds. The standard InChI is InChI=1S/C21H24N4O/c1-2-21(11-4-12-23-14-21)16-7-9-17(10-8-16)25-13-15-5-3-6-18(20(22)26)19(15)24-25/h3,5-10,13,23H,2,4,11-12,14H2,1H3,(H2,22,26). The number of hydrogen-bond acceptors (Lipinski definition) is 3. The fraction of sp³-hybridized carbons (Fsp3) is 0.333. The van der Waals surface area contributed by atoms with Crippen LogP contribution in [0.5, 0.6) is 0 Å². The second-order valence-electron chi connectivity index (χ2n) is 7.14. The average molecular weight is 348 g/mol. The fourth-order valence-corrected chi connectivity index (χ4v) is 4.06. The summed E-state index contributed by atoms with van der Waals surface area (Å²) >= 11 is 0. The van der Waals surface area contributed by atoms with Crippen molar-refractivity contribution in [3.63, 3.8) is 0 Å². The Morgan fingerprint density at radius 3 is 2.73 bits per heavy atom. The normalized spacial score (nSPS) is 20.3. The lowest BCUT2D eigenvalue weighted by atomic mass is 9.73. The minimum atomic E-state index is -0.453. The van der Waals surface area contributed by atoms with Gasteiger partial charge in [-0.1, -0.05) is 31.2 Å². The van der Waals surface area contributed by atoms with Gasteiger partial charge in [0.25, 0.3) is 5.91 Å². The van der Waals surface area contributed by atoms with Crippen molar-refractivity contribution in [2.24, 2.45) is 5.73 Å². The molecule has 1 aromatic heterocycles. The molecule has 2 heterocycles. The first-order valence-corrected chi connectivity index (χ1v) is 9.23. The van der Waals surface area contributed by atoms with E-state index in [1.807, 2.05) is 23.0 Å². The maximum absolute atomic E-state index is 11.6. The van der Waals surface area contributed by atoms with Crippen molar-refractivity contribution in [2.75, 3.05) is 13.1 Å². The summed E-state index contributed by atoms with van der Waals surface area (Å²) in [6.45, 7) is 4.42. The molecule has 0 saturated carbocycles. The number of nitrogens with one attached hydrogen (secondary N) is 1. The van der Waals surface area contributed by atoms with E-state index in [0.29, 0.717) is 11.1 Å². The Balaban J connectivity index is 1.70. The highest BCUT2D eigenvalue weighted by Gasteiger charge is 2.31. The number of carbonyl (C=O) groups is 1. The Labute approximate surface area is 153 Å². The van der Waals surface area contributed by atoms with Gasteiger partial charge in [0.05, 0.1) is 11.3 Å². The number of amides is 1. The van der Waals surface area contributed by atoms with Crippen LogP contribution in [0.25, 0.3) is 16.6 Å². The number of primary amides is 1. The first-order valence-electron chi connectivity index (χ1n) is 9.23. The predicted octanol–water partition coefficient (Wildman–Crippen LogP) is 3.16. The molecule has 3 N–H and O–H groups in total. The molecule has 3 aromatic rings. The maximum atomic E-state index is 11.6. The first-order chi connectivity index (χ1) is 12.6. The van der Waals surface area contributed by atoms with E-state index in [-0.39, 0.29) is 5.41 Å². The van der Waals surface area contributed by atoms with Crippen molar-refractivity contribution in [2.45, 2.75) is 31.6 Å². The number of nitrogens with two attached hydrogens (primary N) is 1. The van der Waals surface area contributed by atoms with Crippen molar-refractivity contribution in [1.29, 1.82) is 0 Å². The third-order valence-electron chi connectivity index (χ3n) is 5.70. The van der Waals surface area contributed by atoms with Crippen molar-refractivity contribution in [1.82, 2.24) is 15.1 Å². The van der Waals surface area contributed by atoms with Gasteiger partial charge in [-0.15, -0.1) is 0 Å². The summed E-state index contributed by atoms with van der Waals surface area (Å²) in [4.78, 5) is 11.6. The molecule has 0 spiro atoms. The Morgan fingerprint density at radius 2 is 2.08 bits per heavy atom. The molecule has 5 heteroatoms. The third-order valence-corrected chi connectivity index (χ3v) is 5.70. The molecule has 1 unspecified atom stereocenters. The number of fused-ring (bicyclic) bond motifs is 1. The van der Waals surface area contributed by atoms with Gasteiger partial charge in [-0.25, -0.2) is 4.68 Å². The van der Waals surface area contributed by atoms with Gasteiger partial charge in [-0.05, 0) is 49.6 Å². The quantitative estimate of drug-likeness (QED) is 0.761. The zero-order valence-electron chi connectivity index (χ0n) is 15.0. The Kier molecular flexibility index (Phi) is 4.24. The molecule has 0 aliphatic carbocycles. The van der Waals surface area contributed by atoms with E-state index in [2.05, 4.69) is 41.6 Å². The average Bonchev–Trinajstić information content (AvgIpc) is 3.12. The number of nitrogens with zero attached hydrogens (tertiary/aromatic N) is 2. The van der Waals surface area contributed by atoms with Crippen LogP contribution >= 0.6 is 0 Å². The zero-order chi connectivity index (χ0) is 18.1. The highest BCUT2D eigenvalue weighted by Crippen LogP contribution is 2.34. The summed E-state index contributed by atoms with van der Waals surface area (Å²) in [5.41, 5.74) is 9.15. The van der Waals surface area contributed by atoms with Crippen molar-refractivity contribution in [3.8, 4) is 5.69 Å². The van der Waals surface area contributed by atoms with Gasteiger partial charge in [0.2, 0.25) is 0 Å². The maximum Gasteiger partial charge on any atom is 0.250 e. The smallest absolute Gasteiger partial charge is 0.250 e. The molecule has 5 nitrogen and oxygen atoms in total. The topological polar surface area (TPSA) is 72.9 Å². The van der Waals surface area contributed by atoms with Crippen LogP contribution in [0.3, 0.4) is 0 Å². The number of hydrogen-bond donors (Lipinski definition) is 2. The van der Waals surface area contributed by atoms with Crippen molar-refractivity contribution < 1.29 is 4.79 Å². The Bertz CT molecular complexity index is 936. The summed E-state index contributed by atoms with van der Waals surface area (Å²) in [5, 5.41) is 9.04. The summed E-state index contributed by atoms with van der Waals surface area (Å²) < 4.78 is 1.82. The molecular formula is C21H24N4O. The van der Waals surface area contributed by atoms with Crippen LogP contribution in [0.15, 0.2) is 48.7 Å². The van der Waals surface area contributed by atoms with Crippen LogP contribution in [0.1, 0.15) is 42.1 Å². The van der Waals surface area contributed by atoms with Crippen molar-refractivity contribution in [3.05, 3.63) is 59.8 Å². The molecule has 1 atom stereocenters. The molecule has 1 aliphatic rings. The predicted molar refractivity (Wildman–Crippen MR) is 104 cm³/mol. The van der Waals surface area contributed by atoms with Crippen LogP contribution in [-0.2, 0) is 5.41 Å². The lowest BCUT2D eigenvalue weighted by molar-refractivity contribution is 0.100. The van der Waals surface area contributed by atoms with E-state index in [1.54, 1.807) is 6.07 Å². The lowest BCUT2D eigenvalue weighted by Gasteiger charge is -2.37. The molecule has 4 rings (SSSR count). The highest BCUT2D eigenvalue weighted by molar-refractivity contribution is 6.04. The van der Waals surface area contributed by atoms with Crippen LogP contribution in [-0.4, -0.2) is 28.8 Å². The molecule has 2 aromatic carbocycles. The molecular weight excluding hydrogens is 324 g/mol. The van der Waals surface area contributed by atoms with E-state index < -0.39 is 5.91 Å². The number of rotatable bonds is 4. The van der Waals surface area contributed by atoms with E-state index in [0.717, 1.165) is 30.6 Å². The summed E-state index contributed by atoms with van der Waals surface area (Å²) in [6.07, 6.45) is 5.51. The molecule has 0 bridgehead atoms. The Morgan fingerprint density at radius 1 is 1.27 bits per heavy atom. The number of aromatic nitrogens is 2.